The van der Waals surface area contributed by atoms with Crippen molar-refractivity contribution in [1.82, 2.24) is 10.3 Å². The maximum absolute atomic E-state index is 13.0. The summed E-state index contributed by atoms with van der Waals surface area (Å²) in [5, 5.41) is 3.88. The average Bonchev–Trinajstić information content (AvgIpc) is 3.46. The lowest BCUT2D eigenvalue weighted by Crippen LogP contribution is -2.30. The van der Waals surface area contributed by atoms with Gasteiger partial charge in [0.15, 0.2) is 5.01 Å². The number of benzene rings is 1. The van der Waals surface area contributed by atoms with Crippen molar-refractivity contribution >= 4 is 17.2 Å². The van der Waals surface area contributed by atoms with Gasteiger partial charge in [-0.3, -0.25) is 4.79 Å². The summed E-state index contributed by atoms with van der Waals surface area (Å²) in [7, 11) is 0. The molecule has 2 aliphatic carbocycles. The highest BCUT2D eigenvalue weighted by molar-refractivity contribution is 7.14. The van der Waals surface area contributed by atoms with Crippen molar-refractivity contribution in [1.29, 1.82) is 0 Å². The standard InChI is InChI=1S/C26H36N2OS/c1-4-5-7-14-22-23(18-11-8-6-9-12-18)28-25(30-22)24(29)27-17-19-13-10-15-26(2,3)21-16-20(19)21/h6,8-9,11-12,19-21H,4-5,7,10,13-17H2,1-3H3,(H,27,29). The van der Waals surface area contributed by atoms with Crippen molar-refractivity contribution in [3.8, 4) is 11.3 Å². The highest BCUT2D eigenvalue weighted by Gasteiger charge is 2.52. The van der Waals surface area contributed by atoms with Gasteiger partial charge < -0.3 is 5.32 Å². The first-order valence-electron chi connectivity index (χ1n) is 11.8. The summed E-state index contributed by atoms with van der Waals surface area (Å²) >= 11 is 1.59. The van der Waals surface area contributed by atoms with E-state index in [9.17, 15) is 4.79 Å². The Morgan fingerprint density at radius 1 is 1.23 bits per heavy atom. The molecule has 2 fully saturated rings. The van der Waals surface area contributed by atoms with E-state index in [-0.39, 0.29) is 5.91 Å². The van der Waals surface area contributed by atoms with E-state index in [1.54, 1.807) is 11.3 Å². The third-order valence-electron chi connectivity index (χ3n) is 7.32. The van der Waals surface area contributed by atoms with E-state index < -0.39 is 0 Å². The Bertz CT molecular complexity index is 857. The van der Waals surface area contributed by atoms with Crippen LogP contribution in [0.2, 0.25) is 0 Å². The van der Waals surface area contributed by atoms with Gasteiger partial charge in [-0.2, -0.15) is 0 Å². The molecule has 2 aromatic rings. The van der Waals surface area contributed by atoms with E-state index >= 15 is 0 Å². The molecule has 0 saturated heterocycles. The number of aromatic nitrogens is 1. The van der Waals surface area contributed by atoms with Crippen molar-refractivity contribution in [2.75, 3.05) is 6.54 Å². The number of fused-ring (bicyclic) bond motifs is 1. The second-order valence-electron chi connectivity index (χ2n) is 9.97. The quantitative estimate of drug-likeness (QED) is 0.477. The van der Waals surface area contributed by atoms with E-state index in [1.165, 1.54) is 43.4 Å². The molecular weight excluding hydrogens is 388 g/mol. The van der Waals surface area contributed by atoms with Crippen LogP contribution in [0.15, 0.2) is 30.3 Å². The number of hydrogen-bond donors (Lipinski definition) is 1. The number of unbranched alkanes of at least 4 members (excludes halogenated alkanes) is 2. The largest absolute Gasteiger partial charge is 0.350 e. The van der Waals surface area contributed by atoms with Crippen LogP contribution in [0.1, 0.15) is 80.4 Å². The van der Waals surface area contributed by atoms with Crippen LogP contribution in [-0.2, 0) is 6.42 Å². The maximum Gasteiger partial charge on any atom is 0.280 e. The zero-order chi connectivity index (χ0) is 21.1. The predicted molar refractivity (Wildman–Crippen MR) is 126 cm³/mol. The molecule has 1 amide bonds. The Morgan fingerprint density at radius 2 is 2.03 bits per heavy atom. The summed E-state index contributed by atoms with van der Waals surface area (Å²) < 4.78 is 0. The second kappa shape index (κ2) is 9.21. The third-order valence-corrected chi connectivity index (χ3v) is 8.43. The SMILES string of the molecule is CCCCCc1sc(C(=O)NCC2CCCC(C)(C)C3CC23)nc1-c1ccccc1. The van der Waals surface area contributed by atoms with Gasteiger partial charge in [-0.25, -0.2) is 4.98 Å². The summed E-state index contributed by atoms with van der Waals surface area (Å²) in [6.07, 6.45) is 9.79. The highest BCUT2D eigenvalue weighted by Crippen LogP contribution is 2.59. The molecule has 2 saturated carbocycles. The highest BCUT2D eigenvalue weighted by atomic mass is 32.1. The molecular formula is C26H36N2OS. The summed E-state index contributed by atoms with van der Waals surface area (Å²) in [6, 6.07) is 10.3. The Labute approximate surface area is 185 Å². The fourth-order valence-corrected chi connectivity index (χ4v) is 6.42. The van der Waals surface area contributed by atoms with Crippen LogP contribution in [0.25, 0.3) is 11.3 Å². The monoisotopic (exact) mass is 424 g/mol. The minimum Gasteiger partial charge on any atom is -0.350 e. The zero-order valence-corrected chi connectivity index (χ0v) is 19.6. The number of carbonyl (C=O) groups excluding carboxylic acids is 1. The van der Waals surface area contributed by atoms with Crippen molar-refractivity contribution < 1.29 is 4.79 Å². The fourth-order valence-electron chi connectivity index (χ4n) is 5.38. The van der Waals surface area contributed by atoms with Crippen molar-refractivity contribution in [2.24, 2.45) is 23.2 Å². The summed E-state index contributed by atoms with van der Waals surface area (Å²) in [6.45, 7) is 7.89. The molecule has 0 radical (unpaired) electrons. The van der Waals surface area contributed by atoms with Crippen LogP contribution >= 0.6 is 11.3 Å². The Morgan fingerprint density at radius 3 is 2.80 bits per heavy atom. The van der Waals surface area contributed by atoms with E-state index in [1.807, 2.05) is 18.2 Å². The fraction of sp³-hybridized carbons (Fsp3) is 0.615. The average molecular weight is 425 g/mol. The van der Waals surface area contributed by atoms with Crippen LogP contribution in [-0.4, -0.2) is 17.4 Å². The molecule has 30 heavy (non-hydrogen) atoms. The van der Waals surface area contributed by atoms with Crippen LogP contribution in [0, 0.1) is 23.2 Å². The summed E-state index contributed by atoms with van der Waals surface area (Å²) in [5.74, 6) is 2.32. The number of rotatable bonds is 8. The molecule has 1 heterocycles. The van der Waals surface area contributed by atoms with Gasteiger partial charge in [-0.15, -0.1) is 11.3 Å². The van der Waals surface area contributed by atoms with E-state index in [0.29, 0.717) is 16.3 Å². The van der Waals surface area contributed by atoms with E-state index in [0.717, 1.165) is 42.5 Å². The van der Waals surface area contributed by atoms with Gasteiger partial charge in [-0.05, 0) is 55.3 Å². The van der Waals surface area contributed by atoms with Gasteiger partial charge in [0, 0.05) is 17.0 Å². The Hall–Kier alpha value is -1.68. The molecule has 0 spiro atoms. The van der Waals surface area contributed by atoms with Crippen LogP contribution in [0.4, 0.5) is 0 Å². The first-order valence-corrected chi connectivity index (χ1v) is 12.6. The zero-order valence-electron chi connectivity index (χ0n) is 18.7. The molecule has 3 atom stereocenters. The predicted octanol–water partition coefficient (Wildman–Crippen LogP) is 6.74. The Balaban J connectivity index is 1.43. The smallest absolute Gasteiger partial charge is 0.280 e. The number of thiazole rings is 1. The number of nitrogens with zero attached hydrogens (tertiary/aromatic N) is 1. The molecule has 3 nitrogen and oxygen atoms in total. The van der Waals surface area contributed by atoms with Crippen LogP contribution in [0.5, 0.6) is 0 Å². The normalized spacial score (nSPS) is 24.7. The molecule has 2 aliphatic rings. The van der Waals surface area contributed by atoms with Crippen molar-refractivity contribution in [3.63, 3.8) is 0 Å². The molecule has 3 unspecified atom stereocenters. The molecule has 4 heteroatoms. The minimum atomic E-state index is 0.0135. The van der Waals surface area contributed by atoms with Gasteiger partial charge in [0.1, 0.15) is 0 Å². The van der Waals surface area contributed by atoms with E-state index in [4.69, 9.17) is 4.98 Å². The van der Waals surface area contributed by atoms with Crippen molar-refractivity contribution in [2.45, 2.75) is 72.1 Å². The molecule has 1 N–H and O–H groups in total. The van der Waals surface area contributed by atoms with E-state index in [2.05, 4.69) is 38.2 Å². The van der Waals surface area contributed by atoms with Gasteiger partial charge in [-0.1, -0.05) is 70.4 Å². The van der Waals surface area contributed by atoms with Gasteiger partial charge >= 0.3 is 0 Å². The molecule has 0 bridgehead atoms. The number of carbonyl (C=O) groups is 1. The minimum absolute atomic E-state index is 0.0135. The van der Waals surface area contributed by atoms with Crippen LogP contribution < -0.4 is 5.32 Å². The second-order valence-corrected chi connectivity index (χ2v) is 11.1. The number of nitrogens with one attached hydrogen (secondary N) is 1. The first-order chi connectivity index (χ1) is 14.5. The summed E-state index contributed by atoms with van der Waals surface area (Å²) in [5.41, 5.74) is 2.60. The number of aryl methyl sites for hydroxylation is 1. The molecule has 162 valence electrons. The van der Waals surface area contributed by atoms with Gasteiger partial charge in [0.05, 0.1) is 5.69 Å². The van der Waals surface area contributed by atoms with Gasteiger partial charge in [0.25, 0.3) is 5.91 Å². The Kier molecular flexibility index (Phi) is 6.62. The molecule has 4 rings (SSSR count). The van der Waals surface area contributed by atoms with Crippen molar-refractivity contribution in [3.05, 3.63) is 40.2 Å². The molecule has 1 aromatic carbocycles. The first kappa shape index (κ1) is 21.5. The number of hydrogen-bond acceptors (Lipinski definition) is 3. The topological polar surface area (TPSA) is 42.0 Å². The lowest BCUT2D eigenvalue weighted by atomic mass is 9.83. The maximum atomic E-state index is 13.0. The molecule has 1 aromatic heterocycles. The lowest BCUT2D eigenvalue weighted by Gasteiger charge is -2.22. The lowest BCUT2D eigenvalue weighted by molar-refractivity contribution is 0.0944. The molecule has 0 aliphatic heterocycles. The third kappa shape index (κ3) is 4.80. The number of amides is 1. The van der Waals surface area contributed by atoms with Gasteiger partial charge in [0.2, 0.25) is 0 Å². The van der Waals surface area contributed by atoms with Crippen LogP contribution in [0.3, 0.4) is 0 Å². The summed E-state index contributed by atoms with van der Waals surface area (Å²) in [4.78, 5) is 19.0.